The van der Waals surface area contributed by atoms with Crippen LogP contribution in [0.1, 0.15) is 34.6 Å². The van der Waals surface area contributed by atoms with Crippen LogP contribution < -0.4 is 5.32 Å². The highest BCUT2D eigenvalue weighted by molar-refractivity contribution is 5.89. The molecule has 4 nitrogen and oxygen atoms in total. The van der Waals surface area contributed by atoms with E-state index >= 15 is 0 Å². The summed E-state index contributed by atoms with van der Waals surface area (Å²) in [6.45, 7) is 8.42. The number of nitrogens with one attached hydrogen (secondary N) is 1. The molecule has 0 bridgehead atoms. The molecule has 0 aromatic carbocycles. The standard InChI is InChI=1S/C13H21NO3/c1-6-7-8-9-10(15)14-13(4,5)12(2,3)11(16)17/h6-9H,1-5H3,(H,14,15)(H,16,17). The summed E-state index contributed by atoms with van der Waals surface area (Å²) in [5.41, 5.74) is -1.88. The molecule has 1 amide bonds. The van der Waals surface area contributed by atoms with Crippen molar-refractivity contribution < 1.29 is 14.7 Å². The van der Waals surface area contributed by atoms with Gasteiger partial charge >= 0.3 is 5.97 Å². The zero-order chi connectivity index (χ0) is 13.7. The minimum atomic E-state index is -1.04. The van der Waals surface area contributed by atoms with Crippen LogP contribution in [0.25, 0.3) is 0 Å². The minimum Gasteiger partial charge on any atom is -0.481 e. The van der Waals surface area contributed by atoms with Crippen molar-refractivity contribution in [3.8, 4) is 0 Å². The highest BCUT2D eigenvalue weighted by atomic mass is 16.4. The molecule has 0 rings (SSSR count). The van der Waals surface area contributed by atoms with Gasteiger partial charge in [0.1, 0.15) is 0 Å². The van der Waals surface area contributed by atoms with Crippen molar-refractivity contribution in [2.45, 2.75) is 40.2 Å². The minimum absolute atomic E-state index is 0.303. The van der Waals surface area contributed by atoms with Gasteiger partial charge in [0.15, 0.2) is 0 Å². The second-order valence-corrected chi connectivity index (χ2v) is 4.93. The first-order valence-corrected chi connectivity index (χ1v) is 5.50. The molecule has 96 valence electrons. The average molecular weight is 239 g/mol. The van der Waals surface area contributed by atoms with Crippen LogP contribution >= 0.6 is 0 Å². The summed E-state index contributed by atoms with van der Waals surface area (Å²) in [7, 11) is 0. The predicted molar refractivity (Wildman–Crippen MR) is 67.6 cm³/mol. The van der Waals surface area contributed by atoms with Gasteiger partial charge in [-0.2, -0.15) is 0 Å². The van der Waals surface area contributed by atoms with Crippen molar-refractivity contribution in [1.29, 1.82) is 0 Å². The Morgan fingerprint density at radius 1 is 1.12 bits per heavy atom. The number of hydrogen-bond acceptors (Lipinski definition) is 2. The summed E-state index contributed by atoms with van der Waals surface area (Å²) in [5, 5.41) is 11.8. The maximum absolute atomic E-state index is 11.6. The summed E-state index contributed by atoms with van der Waals surface area (Å²) in [4.78, 5) is 22.7. The van der Waals surface area contributed by atoms with Crippen molar-refractivity contribution in [2.24, 2.45) is 5.41 Å². The first-order valence-electron chi connectivity index (χ1n) is 5.50. The van der Waals surface area contributed by atoms with Crippen LogP contribution in [0.15, 0.2) is 24.3 Å². The lowest BCUT2D eigenvalue weighted by molar-refractivity contribution is -0.151. The molecule has 4 heteroatoms. The van der Waals surface area contributed by atoms with E-state index in [1.165, 1.54) is 6.08 Å². The molecule has 0 aromatic rings. The Bertz CT molecular complexity index is 352. The van der Waals surface area contributed by atoms with E-state index in [4.69, 9.17) is 5.11 Å². The van der Waals surface area contributed by atoms with E-state index in [9.17, 15) is 9.59 Å². The van der Waals surface area contributed by atoms with E-state index in [-0.39, 0.29) is 5.91 Å². The average Bonchev–Trinajstić information content (AvgIpc) is 2.16. The monoisotopic (exact) mass is 239 g/mol. The quantitative estimate of drug-likeness (QED) is 0.570. The van der Waals surface area contributed by atoms with Crippen molar-refractivity contribution in [1.82, 2.24) is 5.32 Å². The van der Waals surface area contributed by atoms with Crippen LogP contribution in [0.2, 0.25) is 0 Å². The lowest BCUT2D eigenvalue weighted by atomic mass is 9.74. The van der Waals surface area contributed by atoms with Gasteiger partial charge < -0.3 is 10.4 Å². The third-order valence-corrected chi connectivity index (χ3v) is 3.08. The number of aliphatic carboxylic acids is 1. The molecule has 0 saturated heterocycles. The van der Waals surface area contributed by atoms with E-state index in [0.717, 1.165) is 0 Å². The van der Waals surface area contributed by atoms with E-state index in [2.05, 4.69) is 5.32 Å². The van der Waals surface area contributed by atoms with Gasteiger partial charge in [0.05, 0.1) is 11.0 Å². The third kappa shape index (κ3) is 4.06. The Balaban J connectivity index is 4.76. The number of rotatable bonds is 5. The third-order valence-electron chi connectivity index (χ3n) is 3.08. The van der Waals surface area contributed by atoms with Gasteiger partial charge in [-0.1, -0.05) is 18.2 Å². The number of carboxylic acid groups (broad SMARTS) is 1. The van der Waals surface area contributed by atoms with Crippen molar-refractivity contribution in [2.75, 3.05) is 0 Å². The number of amides is 1. The lowest BCUT2D eigenvalue weighted by Crippen LogP contribution is -2.56. The van der Waals surface area contributed by atoms with Crippen molar-refractivity contribution in [3.63, 3.8) is 0 Å². The Labute approximate surface area is 102 Å². The lowest BCUT2D eigenvalue weighted by Gasteiger charge is -2.38. The van der Waals surface area contributed by atoms with Crippen LogP contribution in [-0.2, 0) is 9.59 Å². The van der Waals surface area contributed by atoms with Gasteiger partial charge in [-0.05, 0) is 34.6 Å². The van der Waals surface area contributed by atoms with Crippen molar-refractivity contribution in [3.05, 3.63) is 24.3 Å². The molecule has 0 atom stereocenters. The molecular weight excluding hydrogens is 218 g/mol. The Hall–Kier alpha value is -1.58. The first-order chi connectivity index (χ1) is 7.65. The molecule has 0 radical (unpaired) electrons. The normalized spacial score (nSPS) is 13.2. The van der Waals surface area contributed by atoms with Crippen LogP contribution in [0.3, 0.4) is 0 Å². The number of carboxylic acids is 1. The molecule has 0 aliphatic carbocycles. The Kier molecular flexibility index (Phi) is 5.13. The van der Waals surface area contributed by atoms with E-state index in [1.54, 1.807) is 45.9 Å². The maximum atomic E-state index is 11.6. The van der Waals surface area contributed by atoms with E-state index in [1.807, 2.05) is 6.92 Å². The van der Waals surface area contributed by atoms with Gasteiger partial charge in [-0.25, -0.2) is 0 Å². The molecule has 0 heterocycles. The molecule has 0 aromatic heterocycles. The summed E-state index contributed by atoms with van der Waals surface area (Å²) in [6, 6.07) is 0. The second-order valence-electron chi connectivity index (χ2n) is 4.93. The van der Waals surface area contributed by atoms with Gasteiger partial charge in [-0.15, -0.1) is 0 Å². The fourth-order valence-electron chi connectivity index (χ4n) is 1.03. The Morgan fingerprint density at radius 3 is 2.06 bits per heavy atom. The molecular formula is C13H21NO3. The van der Waals surface area contributed by atoms with Crippen molar-refractivity contribution >= 4 is 11.9 Å². The molecule has 0 spiro atoms. The topological polar surface area (TPSA) is 66.4 Å². The molecule has 0 fully saturated rings. The van der Waals surface area contributed by atoms with Crippen LogP contribution in [0.5, 0.6) is 0 Å². The zero-order valence-electron chi connectivity index (χ0n) is 11.1. The molecule has 0 unspecified atom stereocenters. The largest absolute Gasteiger partial charge is 0.481 e. The van der Waals surface area contributed by atoms with Crippen LogP contribution in [-0.4, -0.2) is 22.5 Å². The fraction of sp³-hybridized carbons (Fsp3) is 0.538. The second kappa shape index (κ2) is 5.66. The molecule has 2 N–H and O–H groups in total. The number of carbonyl (C=O) groups excluding carboxylic acids is 1. The summed E-state index contributed by atoms with van der Waals surface area (Å²) >= 11 is 0. The van der Waals surface area contributed by atoms with Gasteiger partial charge in [0, 0.05) is 6.08 Å². The molecule has 17 heavy (non-hydrogen) atoms. The van der Waals surface area contributed by atoms with Crippen LogP contribution in [0.4, 0.5) is 0 Å². The van der Waals surface area contributed by atoms with Gasteiger partial charge in [-0.3, -0.25) is 9.59 Å². The zero-order valence-corrected chi connectivity index (χ0v) is 11.1. The first kappa shape index (κ1) is 15.4. The smallest absolute Gasteiger partial charge is 0.311 e. The predicted octanol–water partition coefficient (Wildman–Crippen LogP) is 2.12. The number of hydrogen-bond donors (Lipinski definition) is 2. The van der Waals surface area contributed by atoms with Gasteiger partial charge in [0.2, 0.25) is 5.91 Å². The SMILES string of the molecule is CC=CC=CC(=O)NC(C)(C)C(C)(C)C(=O)O. The van der Waals surface area contributed by atoms with Crippen LogP contribution in [0, 0.1) is 5.41 Å². The maximum Gasteiger partial charge on any atom is 0.311 e. The summed E-state index contributed by atoms with van der Waals surface area (Å²) in [6.07, 6.45) is 6.52. The van der Waals surface area contributed by atoms with E-state index in [0.29, 0.717) is 0 Å². The highest BCUT2D eigenvalue weighted by Gasteiger charge is 2.44. The molecule has 0 aliphatic rings. The molecule has 0 saturated carbocycles. The fourth-order valence-corrected chi connectivity index (χ4v) is 1.03. The summed E-state index contributed by atoms with van der Waals surface area (Å²) < 4.78 is 0. The molecule has 0 aliphatic heterocycles. The Morgan fingerprint density at radius 2 is 1.65 bits per heavy atom. The highest BCUT2D eigenvalue weighted by Crippen LogP contribution is 2.30. The number of allylic oxidation sites excluding steroid dienone is 3. The van der Waals surface area contributed by atoms with E-state index < -0.39 is 16.9 Å². The van der Waals surface area contributed by atoms with Gasteiger partial charge in [0.25, 0.3) is 0 Å². The number of carbonyl (C=O) groups is 2. The summed E-state index contributed by atoms with van der Waals surface area (Å²) in [5.74, 6) is -1.25.